The zero-order chi connectivity index (χ0) is 42.8. The summed E-state index contributed by atoms with van der Waals surface area (Å²) >= 11 is 1.33. The molecule has 17 nitrogen and oxygen atoms in total. The number of amides is 6. The van der Waals surface area contributed by atoms with Crippen LogP contribution >= 0.6 is 11.3 Å². The van der Waals surface area contributed by atoms with E-state index in [1.54, 1.807) is 66.0 Å². The van der Waals surface area contributed by atoms with Crippen LogP contribution in [0.4, 0.5) is 5.69 Å². The molecule has 1 aromatic heterocycles. The van der Waals surface area contributed by atoms with Crippen molar-refractivity contribution in [3.63, 3.8) is 0 Å². The number of benzene rings is 2. The molecule has 1 heterocycles. The fraction of sp³-hybridized carbons (Fsp3) is 0.350. The highest BCUT2D eigenvalue weighted by molar-refractivity contribution is 7.09. The fourth-order valence-electron chi connectivity index (χ4n) is 5.87. The Morgan fingerprint density at radius 3 is 1.97 bits per heavy atom. The lowest BCUT2D eigenvalue weighted by molar-refractivity contribution is -0.148. The second-order valence-electron chi connectivity index (χ2n) is 13.8. The van der Waals surface area contributed by atoms with Crippen molar-refractivity contribution >= 4 is 70.5 Å². The minimum Gasteiger partial charge on any atom is -0.370 e. The molecular weight excluding hydrogens is 763 g/mol. The molecule has 13 N–H and O–H groups in total. The van der Waals surface area contributed by atoms with Crippen molar-refractivity contribution in [2.75, 3.05) is 6.54 Å². The Kier molecular flexibility index (Phi) is 18.1. The van der Waals surface area contributed by atoms with Gasteiger partial charge in [-0.1, -0.05) is 62.4 Å². The molecule has 0 aliphatic heterocycles. The fourth-order valence-corrected chi connectivity index (χ4v) is 6.61. The number of nitrogens with two attached hydrogens (primary N) is 5. The molecular formula is C40H53N11O6S. The number of primary amides is 1. The van der Waals surface area contributed by atoms with Crippen LogP contribution in [0.25, 0.3) is 6.08 Å². The molecule has 4 atom stereocenters. The first-order chi connectivity index (χ1) is 27.5. The topological polar surface area (TPSA) is 297 Å². The van der Waals surface area contributed by atoms with Gasteiger partial charge >= 0.3 is 0 Å². The molecule has 0 bridgehead atoms. The summed E-state index contributed by atoms with van der Waals surface area (Å²) < 4.78 is 0. The van der Waals surface area contributed by atoms with Crippen LogP contribution in [0.15, 0.2) is 88.2 Å². The molecule has 310 valence electrons. The van der Waals surface area contributed by atoms with Crippen LogP contribution in [0, 0.1) is 5.92 Å². The van der Waals surface area contributed by atoms with Gasteiger partial charge < -0.3 is 44.6 Å². The van der Waals surface area contributed by atoms with E-state index in [1.165, 1.54) is 30.4 Å². The molecule has 18 heteroatoms. The zero-order valence-electron chi connectivity index (χ0n) is 32.8. The molecule has 2 aromatic carbocycles. The van der Waals surface area contributed by atoms with Crippen LogP contribution < -0.4 is 44.6 Å². The van der Waals surface area contributed by atoms with Gasteiger partial charge in [0, 0.05) is 37.3 Å². The SMILES string of the molecule is CC(=O)N(C(=O)/C=C/c1ccccc1)[C@H](Cc1cccs1)C(=O)NC(Cc1ccc(N=C(N)N)cc1)C(=O)NC(CC(C)C)C(=O)NC(CCCN=C(N)N)C(N)=O. The van der Waals surface area contributed by atoms with Crippen LogP contribution in [0.5, 0.6) is 0 Å². The number of nitrogens with one attached hydrogen (secondary N) is 3. The Hall–Kier alpha value is -6.56. The van der Waals surface area contributed by atoms with E-state index in [0.29, 0.717) is 28.1 Å². The van der Waals surface area contributed by atoms with Gasteiger partial charge in [-0.15, -0.1) is 11.3 Å². The Bertz CT molecular complexity index is 1940. The number of imide groups is 1. The maximum atomic E-state index is 14.4. The molecule has 0 saturated heterocycles. The molecule has 3 unspecified atom stereocenters. The summed E-state index contributed by atoms with van der Waals surface area (Å²) in [6.07, 6.45) is 3.25. The van der Waals surface area contributed by atoms with Crippen LogP contribution in [0.1, 0.15) is 56.0 Å². The number of carbonyl (C=O) groups excluding carboxylic acids is 6. The lowest BCUT2D eigenvalue weighted by Gasteiger charge is -2.30. The van der Waals surface area contributed by atoms with E-state index in [-0.39, 0.29) is 50.1 Å². The molecule has 0 spiro atoms. The zero-order valence-corrected chi connectivity index (χ0v) is 33.6. The number of guanidine groups is 2. The maximum Gasteiger partial charge on any atom is 0.253 e. The van der Waals surface area contributed by atoms with Crippen molar-refractivity contribution in [3.8, 4) is 0 Å². The first-order valence-electron chi connectivity index (χ1n) is 18.6. The molecule has 0 saturated carbocycles. The highest BCUT2D eigenvalue weighted by Gasteiger charge is 2.36. The van der Waals surface area contributed by atoms with Crippen molar-refractivity contribution in [1.29, 1.82) is 0 Å². The largest absolute Gasteiger partial charge is 0.370 e. The van der Waals surface area contributed by atoms with E-state index < -0.39 is 59.6 Å². The quantitative estimate of drug-likeness (QED) is 0.0326. The van der Waals surface area contributed by atoms with Crippen LogP contribution in [-0.4, -0.2) is 83.0 Å². The standard InChI is InChI=1S/C40H53N11O6S/c1-24(2)21-31(36(55)48-30(35(41)54)12-7-19-46-39(42)43)49-37(56)32(22-27-13-16-28(17-14-27)47-40(44)45)50-38(57)33(23-29-11-8-20-58-29)51(25(3)52)34(53)18-15-26-9-5-4-6-10-26/h4-6,8-11,13-18,20,24,30-33H,7,12,19,21-23H2,1-3H3,(H2,41,54)(H,48,55)(H,49,56)(H,50,57)(H4,42,43,46)(H4,44,45,47)/b18-15+/t30?,31?,32?,33-/m1/s1. The van der Waals surface area contributed by atoms with Crippen molar-refractivity contribution < 1.29 is 28.8 Å². The minimum atomic E-state index is -1.37. The predicted molar refractivity (Wildman–Crippen MR) is 225 cm³/mol. The summed E-state index contributed by atoms with van der Waals surface area (Å²) in [4.78, 5) is 90.9. The van der Waals surface area contributed by atoms with Gasteiger partial charge in [0.15, 0.2) is 11.9 Å². The smallest absolute Gasteiger partial charge is 0.253 e. The normalized spacial score (nSPS) is 13.0. The monoisotopic (exact) mass is 815 g/mol. The number of aliphatic imine (C=N–C) groups is 2. The Morgan fingerprint density at radius 2 is 1.40 bits per heavy atom. The Balaban J connectivity index is 1.98. The molecule has 0 fully saturated rings. The van der Waals surface area contributed by atoms with Crippen LogP contribution in [-0.2, 0) is 41.6 Å². The number of carbonyl (C=O) groups is 6. The van der Waals surface area contributed by atoms with Gasteiger partial charge in [-0.25, -0.2) is 4.99 Å². The third kappa shape index (κ3) is 15.5. The summed E-state index contributed by atoms with van der Waals surface area (Å²) in [5, 5.41) is 9.94. The van der Waals surface area contributed by atoms with Crippen LogP contribution in [0.3, 0.4) is 0 Å². The molecule has 3 rings (SSSR count). The molecule has 6 amide bonds. The summed E-state index contributed by atoms with van der Waals surface area (Å²) in [6.45, 7) is 5.07. The lowest BCUT2D eigenvalue weighted by Crippen LogP contribution is -2.59. The number of rotatable bonds is 21. The summed E-state index contributed by atoms with van der Waals surface area (Å²) in [6, 6.07) is 14.1. The highest BCUT2D eigenvalue weighted by Crippen LogP contribution is 2.19. The summed E-state index contributed by atoms with van der Waals surface area (Å²) in [7, 11) is 0. The Morgan fingerprint density at radius 1 is 0.759 bits per heavy atom. The average Bonchev–Trinajstić information content (AvgIpc) is 3.68. The van der Waals surface area contributed by atoms with E-state index in [4.69, 9.17) is 28.7 Å². The predicted octanol–water partition coefficient (Wildman–Crippen LogP) is 0.935. The van der Waals surface area contributed by atoms with Crippen LogP contribution in [0.2, 0.25) is 0 Å². The van der Waals surface area contributed by atoms with E-state index in [2.05, 4.69) is 25.9 Å². The summed E-state index contributed by atoms with van der Waals surface area (Å²) in [5.41, 5.74) is 29.1. The molecule has 0 aliphatic carbocycles. The van der Waals surface area contributed by atoms with E-state index in [1.807, 2.05) is 19.9 Å². The third-order valence-corrected chi connectivity index (χ3v) is 9.49. The van der Waals surface area contributed by atoms with Gasteiger partial charge in [-0.2, -0.15) is 0 Å². The summed E-state index contributed by atoms with van der Waals surface area (Å²) in [5.74, 6) is -4.80. The van der Waals surface area contributed by atoms with Gasteiger partial charge in [0.05, 0.1) is 5.69 Å². The second kappa shape index (κ2) is 22.9. The highest BCUT2D eigenvalue weighted by atomic mass is 32.1. The minimum absolute atomic E-state index is 0.0361. The molecule has 58 heavy (non-hydrogen) atoms. The number of nitrogens with zero attached hydrogens (tertiary/aromatic N) is 3. The lowest BCUT2D eigenvalue weighted by atomic mass is 9.99. The second-order valence-corrected chi connectivity index (χ2v) is 14.9. The van der Waals surface area contributed by atoms with Crippen molar-refractivity contribution in [2.24, 2.45) is 44.6 Å². The van der Waals surface area contributed by atoms with Gasteiger partial charge in [0.2, 0.25) is 29.5 Å². The number of hydrogen-bond donors (Lipinski definition) is 8. The molecule has 3 aromatic rings. The van der Waals surface area contributed by atoms with Crippen molar-refractivity contribution in [1.82, 2.24) is 20.9 Å². The average molecular weight is 816 g/mol. The van der Waals surface area contributed by atoms with E-state index in [9.17, 15) is 28.8 Å². The maximum absolute atomic E-state index is 14.4. The van der Waals surface area contributed by atoms with Gasteiger partial charge in [0.25, 0.3) is 5.91 Å². The molecule has 0 aliphatic rings. The number of thiophene rings is 1. The van der Waals surface area contributed by atoms with Crippen molar-refractivity contribution in [2.45, 2.75) is 77.0 Å². The Labute approximate surface area is 341 Å². The third-order valence-electron chi connectivity index (χ3n) is 8.60. The first-order valence-corrected chi connectivity index (χ1v) is 19.5. The van der Waals surface area contributed by atoms with Crippen molar-refractivity contribution in [3.05, 3.63) is 94.2 Å². The van der Waals surface area contributed by atoms with Gasteiger partial charge in [-0.05, 0) is 66.0 Å². The van der Waals surface area contributed by atoms with E-state index >= 15 is 0 Å². The van der Waals surface area contributed by atoms with E-state index in [0.717, 1.165) is 4.90 Å². The first kappa shape index (κ1) is 45.8. The van der Waals surface area contributed by atoms with Gasteiger partial charge in [-0.3, -0.25) is 38.7 Å². The molecule has 0 radical (unpaired) electrons. The number of hydrogen-bond acceptors (Lipinski definition) is 9. The van der Waals surface area contributed by atoms with Gasteiger partial charge in [0.1, 0.15) is 24.2 Å².